The molecule has 0 aliphatic heterocycles. The van der Waals surface area contributed by atoms with E-state index in [0.29, 0.717) is 17.8 Å². The normalized spacial score (nSPS) is 26.5. The number of nitrogens with two attached hydrogens (primary N) is 2. The number of rotatable bonds is 11. The van der Waals surface area contributed by atoms with Crippen molar-refractivity contribution in [3.63, 3.8) is 0 Å². The predicted octanol–water partition coefficient (Wildman–Crippen LogP) is 3.74. The lowest BCUT2D eigenvalue weighted by molar-refractivity contribution is -0.158. The van der Waals surface area contributed by atoms with E-state index in [1.54, 1.807) is 7.11 Å². The van der Waals surface area contributed by atoms with E-state index < -0.39 is 41.4 Å². The topological polar surface area (TPSA) is 192 Å². The number of amides is 1. The number of aryl methyl sites for hydroxylation is 1. The molecule has 0 saturated heterocycles. The number of fused-ring (bicyclic) bond motifs is 5. The number of hydrogen-bond donors (Lipinski definition) is 5. The fourth-order valence-electron chi connectivity index (χ4n) is 8.05. The number of aromatic hydroxyl groups is 1. The quantitative estimate of drug-likeness (QED) is 0.106. The van der Waals surface area contributed by atoms with Crippen molar-refractivity contribution >= 4 is 23.5 Å². The van der Waals surface area contributed by atoms with Crippen LogP contribution < -0.4 is 20.9 Å². The van der Waals surface area contributed by atoms with E-state index in [4.69, 9.17) is 25.7 Å². The Labute approximate surface area is 262 Å². The summed E-state index contributed by atoms with van der Waals surface area (Å²) in [5.74, 6) is -0.639. The van der Waals surface area contributed by atoms with Crippen molar-refractivity contribution < 1.29 is 43.9 Å². The molecule has 1 amide bonds. The van der Waals surface area contributed by atoms with Gasteiger partial charge in [0.15, 0.2) is 5.75 Å². The minimum absolute atomic E-state index is 0.0233. The first-order valence-electron chi connectivity index (χ1n) is 15.8. The van der Waals surface area contributed by atoms with Crippen LogP contribution in [0.5, 0.6) is 17.2 Å². The molecule has 11 heteroatoms. The highest BCUT2D eigenvalue weighted by atomic mass is 16.5. The number of nitrogen functional groups attached to an aromatic ring is 1. The van der Waals surface area contributed by atoms with E-state index in [1.165, 1.54) is 23.3 Å². The summed E-state index contributed by atoms with van der Waals surface area (Å²) in [6.07, 6.45) is 2.78. The average molecular weight is 625 g/mol. The van der Waals surface area contributed by atoms with Crippen molar-refractivity contribution in [1.29, 1.82) is 0 Å². The lowest BCUT2D eigenvalue weighted by Crippen LogP contribution is -2.45. The van der Waals surface area contributed by atoms with Gasteiger partial charge in [-0.15, -0.1) is 0 Å². The zero-order valence-corrected chi connectivity index (χ0v) is 25.9. The Morgan fingerprint density at radius 1 is 1.00 bits per heavy atom. The Hall–Kier alpha value is -3.83. The van der Waals surface area contributed by atoms with Gasteiger partial charge in [0.2, 0.25) is 0 Å². The van der Waals surface area contributed by atoms with Gasteiger partial charge in [-0.05, 0) is 105 Å². The third-order valence-electron chi connectivity index (χ3n) is 10.5. The smallest absolute Gasteiger partial charge is 0.311 e. The fraction of sp³-hybridized carbons (Fsp3) is 0.559. The summed E-state index contributed by atoms with van der Waals surface area (Å²) >= 11 is 0. The number of methoxy groups -OCH3 is 1. The van der Waals surface area contributed by atoms with Crippen LogP contribution in [-0.2, 0) is 20.7 Å². The van der Waals surface area contributed by atoms with Crippen molar-refractivity contribution in [2.45, 2.75) is 95.4 Å². The number of hydrogen-bond acceptors (Lipinski definition) is 10. The molecule has 0 heterocycles. The Balaban J connectivity index is 1.08. The number of esters is 2. The van der Waals surface area contributed by atoms with Crippen molar-refractivity contribution in [1.82, 2.24) is 0 Å². The number of ether oxygens (including phenoxy) is 3. The lowest BCUT2D eigenvalue weighted by atomic mass is 9.55. The minimum atomic E-state index is -1.29. The highest BCUT2D eigenvalue weighted by Gasteiger charge is 2.56. The summed E-state index contributed by atoms with van der Waals surface area (Å²) in [5.41, 5.74) is 13.0. The van der Waals surface area contributed by atoms with Crippen molar-refractivity contribution in [3.8, 4) is 17.2 Å². The van der Waals surface area contributed by atoms with Crippen molar-refractivity contribution in [2.24, 2.45) is 23.0 Å². The highest BCUT2D eigenvalue weighted by molar-refractivity contribution is 6.00. The lowest BCUT2D eigenvalue weighted by Gasteiger charge is -2.50. The van der Waals surface area contributed by atoms with Crippen LogP contribution in [0.2, 0.25) is 0 Å². The molecule has 7 unspecified atom stereocenters. The molecule has 5 rings (SSSR count). The van der Waals surface area contributed by atoms with Crippen LogP contribution in [0.3, 0.4) is 0 Å². The zero-order chi connectivity index (χ0) is 32.5. The largest absolute Gasteiger partial charge is 0.505 e. The second-order valence-corrected chi connectivity index (χ2v) is 13.0. The molecule has 7 atom stereocenters. The van der Waals surface area contributed by atoms with E-state index in [2.05, 4.69) is 25.1 Å². The first-order valence-corrected chi connectivity index (χ1v) is 15.8. The maximum absolute atomic E-state index is 12.9. The Kier molecular flexibility index (Phi) is 9.60. The molecule has 244 valence electrons. The molecule has 11 nitrogen and oxygen atoms in total. The minimum Gasteiger partial charge on any atom is -0.505 e. The monoisotopic (exact) mass is 624 g/mol. The Morgan fingerprint density at radius 3 is 2.40 bits per heavy atom. The molecule has 2 aromatic rings. The molecule has 3 aliphatic rings. The molecular formula is C34H44N2O9. The van der Waals surface area contributed by atoms with Gasteiger partial charge in [-0.3, -0.25) is 14.4 Å². The van der Waals surface area contributed by atoms with E-state index in [-0.39, 0.29) is 48.6 Å². The molecule has 0 spiro atoms. The molecular weight excluding hydrogens is 580 g/mol. The standard InChI is InChI=1S/C34H44N2O9/c1-34-16-15-21-20-6-4-19(43-2)17-18(20)3-5-22(21)23(34)7-12-28(34)45-30(40)14-10-26(38)25(37)9-13-29(39)44-27-11-8-24(35)32(41)31(27)33(36)42/h4,6,8,11,17,21-23,25-26,28,37-38,41H,3,5,7,9-10,12-16,35H2,1-2H3,(H2,36,42). The average Bonchev–Trinajstić information content (AvgIpc) is 3.35. The third-order valence-corrected chi connectivity index (χ3v) is 10.5. The number of phenols is 1. The molecule has 2 aromatic carbocycles. The fourth-order valence-corrected chi connectivity index (χ4v) is 8.05. The Bertz CT molecular complexity index is 1440. The molecule has 3 aliphatic carbocycles. The number of benzene rings is 2. The molecule has 45 heavy (non-hydrogen) atoms. The number of aliphatic hydroxyl groups excluding tert-OH is 2. The number of carbonyl (C=O) groups excluding carboxylic acids is 3. The van der Waals surface area contributed by atoms with Gasteiger partial charge in [0.1, 0.15) is 23.2 Å². The molecule has 0 radical (unpaired) electrons. The van der Waals surface area contributed by atoms with Gasteiger partial charge in [-0.25, -0.2) is 0 Å². The summed E-state index contributed by atoms with van der Waals surface area (Å²) in [4.78, 5) is 36.9. The summed E-state index contributed by atoms with van der Waals surface area (Å²) in [6.45, 7) is 2.26. The Morgan fingerprint density at radius 2 is 1.71 bits per heavy atom. The third kappa shape index (κ3) is 6.60. The summed E-state index contributed by atoms with van der Waals surface area (Å²) < 4.78 is 16.6. The van der Waals surface area contributed by atoms with Gasteiger partial charge in [-0.1, -0.05) is 13.0 Å². The van der Waals surface area contributed by atoms with Gasteiger partial charge in [0.25, 0.3) is 5.91 Å². The van der Waals surface area contributed by atoms with E-state index in [9.17, 15) is 29.7 Å². The number of anilines is 1. The second kappa shape index (κ2) is 13.3. The van der Waals surface area contributed by atoms with Crippen LogP contribution in [-0.4, -0.2) is 58.6 Å². The van der Waals surface area contributed by atoms with Gasteiger partial charge in [0, 0.05) is 18.3 Å². The van der Waals surface area contributed by atoms with E-state index in [0.717, 1.165) is 44.3 Å². The summed E-state index contributed by atoms with van der Waals surface area (Å²) in [5, 5.41) is 30.9. The molecule has 2 saturated carbocycles. The molecule has 7 N–H and O–H groups in total. The van der Waals surface area contributed by atoms with Crippen LogP contribution in [0.25, 0.3) is 0 Å². The van der Waals surface area contributed by atoms with Crippen LogP contribution in [0.15, 0.2) is 30.3 Å². The number of aliphatic hydroxyl groups is 2. The van der Waals surface area contributed by atoms with Crippen molar-refractivity contribution in [3.05, 3.63) is 47.0 Å². The van der Waals surface area contributed by atoms with E-state index >= 15 is 0 Å². The molecule has 0 bridgehead atoms. The molecule has 2 fully saturated rings. The number of carbonyl (C=O) groups is 3. The first kappa shape index (κ1) is 32.6. The first-order chi connectivity index (χ1) is 21.4. The summed E-state index contributed by atoms with van der Waals surface area (Å²) in [6, 6.07) is 8.94. The van der Waals surface area contributed by atoms with E-state index in [1.807, 2.05) is 0 Å². The van der Waals surface area contributed by atoms with Gasteiger partial charge in [0.05, 0.1) is 25.0 Å². The van der Waals surface area contributed by atoms with Crippen molar-refractivity contribution in [2.75, 3.05) is 12.8 Å². The van der Waals surface area contributed by atoms with Crippen LogP contribution in [0, 0.1) is 17.3 Å². The van der Waals surface area contributed by atoms with Gasteiger partial charge in [-0.2, -0.15) is 0 Å². The van der Waals surface area contributed by atoms with Crippen LogP contribution in [0.1, 0.15) is 92.1 Å². The van der Waals surface area contributed by atoms with Crippen LogP contribution >= 0.6 is 0 Å². The SMILES string of the molecule is COc1ccc2c(c1)CCC1C2CCC2(C)C(OC(=O)CCC(O)C(O)CCC(=O)Oc3ccc(N)c(O)c3C(N)=O)CCC12. The zero-order valence-electron chi connectivity index (χ0n) is 25.9. The second-order valence-electron chi connectivity index (χ2n) is 13.0. The molecule has 0 aromatic heterocycles. The predicted molar refractivity (Wildman–Crippen MR) is 165 cm³/mol. The number of primary amides is 1. The maximum Gasteiger partial charge on any atom is 0.311 e. The van der Waals surface area contributed by atoms with Gasteiger partial charge >= 0.3 is 11.9 Å². The maximum atomic E-state index is 12.9. The highest BCUT2D eigenvalue weighted by Crippen LogP contribution is 2.61. The van der Waals surface area contributed by atoms with Gasteiger partial charge < -0.3 is 41.0 Å². The summed E-state index contributed by atoms with van der Waals surface area (Å²) in [7, 11) is 1.70. The van der Waals surface area contributed by atoms with Crippen LogP contribution in [0.4, 0.5) is 5.69 Å².